The van der Waals surface area contributed by atoms with Gasteiger partial charge in [-0.1, -0.05) is 77.3 Å². The molecule has 1 saturated heterocycles. The summed E-state index contributed by atoms with van der Waals surface area (Å²) in [5.74, 6) is -0.392. The molecule has 4 aromatic carbocycles. The van der Waals surface area contributed by atoms with E-state index in [1.807, 2.05) is 86.6 Å². The second kappa shape index (κ2) is 23.7. The lowest BCUT2D eigenvalue weighted by Crippen LogP contribution is -2.41. The van der Waals surface area contributed by atoms with Crippen LogP contribution in [0.25, 0.3) is 33.3 Å². The molecule has 20 heteroatoms. The van der Waals surface area contributed by atoms with E-state index in [0.717, 1.165) is 48.4 Å². The van der Waals surface area contributed by atoms with Crippen molar-refractivity contribution in [1.29, 1.82) is 0 Å². The number of aromatic nitrogens is 6. The third-order valence-electron chi connectivity index (χ3n) is 13.5. The summed E-state index contributed by atoms with van der Waals surface area (Å²) in [5.41, 5.74) is 7.78. The maximum Gasteiger partial charge on any atom is 0.494 e. The maximum atomic E-state index is 13.2. The van der Waals surface area contributed by atoms with Crippen LogP contribution in [0.15, 0.2) is 132 Å². The van der Waals surface area contributed by atoms with Gasteiger partial charge in [-0.25, -0.2) is 44.7 Å². The topological polar surface area (TPSA) is 201 Å². The van der Waals surface area contributed by atoms with Crippen LogP contribution in [0.4, 0.5) is 0 Å². The Morgan fingerprint density at radius 1 is 0.575 bits per heavy atom. The molecular formula is C60H70BClN6O10S2. The molecule has 4 aromatic heterocycles. The van der Waals surface area contributed by atoms with Crippen molar-refractivity contribution >= 4 is 78.2 Å². The summed E-state index contributed by atoms with van der Waals surface area (Å²) < 4.78 is 77.0. The predicted octanol–water partition coefficient (Wildman–Crippen LogP) is 11.4. The minimum Gasteiger partial charge on any atom is -0.460 e. The van der Waals surface area contributed by atoms with Gasteiger partial charge in [-0.3, -0.25) is 9.59 Å². The van der Waals surface area contributed by atoms with Gasteiger partial charge in [-0.05, 0) is 180 Å². The van der Waals surface area contributed by atoms with Gasteiger partial charge in [0, 0.05) is 36.2 Å². The van der Waals surface area contributed by atoms with Crippen LogP contribution in [0.1, 0.15) is 115 Å². The highest BCUT2D eigenvalue weighted by Crippen LogP contribution is 2.37. The van der Waals surface area contributed by atoms with Gasteiger partial charge in [0.2, 0.25) is 0 Å². The molecule has 5 heterocycles. The van der Waals surface area contributed by atoms with Crippen molar-refractivity contribution in [3.05, 3.63) is 161 Å². The molecule has 1 aliphatic rings. The summed E-state index contributed by atoms with van der Waals surface area (Å²) >= 11 is 5.93. The third-order valence-corrected chi connectivity index (χ3v) is 17.2. The second-order valence-electron chi connectivity index (χ2n) is 22.8. The van der Waals surface area contributed by atoms with E-state index >= 15 is 0 Å². The molecule has 9 rings (SSSR count). The van der Waals surface area contributed by atoms with Crippen molar-refractivity contribution in [2.45, 2.75) is 155 Å². The van der Waals surface area contributed by atoms with Crippen LogP contribution < -0.4 is 5.46 Å². The Hall–Kier alpha value is -6.77. The van der Waals surface area contributed by atoms with Crippen LogP contribution in [0, 0.1) is 27.7 Å². The number of carbonyl (C=O) groups is 2. The minimum atomic E-state index is -3.80. The van der Waals surface area contributed by atoms with Crippen molar-refractivity contribution in [2.24, 2.45) is 0 Å². The van der Waals surface area contributed by atoms with Crippen LogP contribution in [0.2, 0.25) is 5.15 Å². The molecule has 16 nitrogen and oxygen atoms in total. The normalized spacial score (nSPS) is 14.3. The van der Waals surface area contributed by atoms with Gasteiger partial charge in [0.25, 0.3) is 20.0 Å². The molecule has 0 radical (unpaired) electrons. The van der Waals surface area contributed by atoms with Crippen molar-refractivity contribution in [2.75, 3.05) is 0 Å². The molecule has 0 atom stereocenters. The number of carbonyl (C=O) groups excluding carboxylic acids is 2. The molecule has 0 bridgehead atoms. The van der Waals surface area contributed by atoms with Gasteiger partial charge in [0.15, 0.2) is 11.3 Å². The quantitative estimate of drug-likeness (QED) is 0.0635. The largest absolute Gasteiger partial charge is 0.494 e. The highest BCUT2D eigenvalue weighted by atomic mass is 35.5. The van der Waals surface area contributed by atoms with E-state index < -0.39 is 31.2 Å². The van der Waals surface area contributed by atoms with E-state index in [1.165, 1.54) is 29.0 Å². The van der Waals surface area contributed by atoms with Gasteiger partial charge >= 0.3 is 19.1 Å². The van der Waals surface area contributed by atoms with Gasteiger partial charge < -0.3 is 18.8 Å². The Morgan fingerprint density at radius 3 is 1.45 bits per heavy atom. The maximum absolute atomic E-state index is 13.2. The molecule has 1 aliphatic heterocycles. The first-order chi connectivity index (χ1) is 37.3. The van der Waals surface area contributed by atoms with E-state index in [2.05, 4.69) is 66.7 Å². The summed E-state index contributed by atoms with van der Waals surface area (Å²) in [4.78, 5) is 41.0. The van der Waals surface area contributed by atoms with E-state index in [1.54, 1.807) is 60.7 Å². The smallest absolute Gasteiger partial charge is 0.460 e. The molecule has 0 aliphatic carbocycles. The first-order valence-electron chi connectivity index (χ1n) is 26.2. The standard InChI is InChI=1S/C27H29N3O4S.C20H31BO4.C13H10ClN3O2S/c1-18-6-11-22(12-7-18)35(32,33)30-15-14-23-25(28-17-29-26(23)30)21-9-8-20(19(2)16-21)10-13-24(31)34-27(3,4)5;1-14-13-16(21-24-19(5,6)20(7,8)25-21)11-9-15(14)10-12-17(22)23-18(2,3)4;1-9-2-4-10(5-3-9)20(18,19)17-7-6-11-12(14)15-8-16-13(11)17/h6-9,11-12,14-17H,10,13H2,1-5H3;9,11,13H,10,12H2,1-8H3;2-8H,1H3. The zero-order chi connectivity index (χ0) is 58.8. The summed E-state index contributed by atoms with van der Waals surface area (Å²) in [6.45, 7) is 27.3. The molecule has 1 fully saturated rings. The number of esters is 2. The fourth-order valence-electron chi connectivity index (χ4n) is 8.60. The summed E-state index contributed by atoms with van der Waals surface area (Å²) in [6.07, 6.45) is 7.50. The molecule has 8 aromatic rings. The number of nitrogens with zero attached hydrogens (tertiary/aromatic N) is 6. The Balaban J connectivity index is 0.000000181. The van der Waals surface area contributed by atoms with E-state index in [4.69, 9.17) is 30.4 Å². The van der Waals surface area contributed by atoms with Crippen LogP contribution in [0.3, 0.4) is 0 Å². The Kier molecular flexibility index (Phi) is 18.1. The second-order valence-corrected chi connectivity index (χ2v) is 26.8. The lowest BCUT2D eigenvalue weighted by molar-refractivity contribution is -0.155. The number of hydrogen-bond acceptors (Lipinski definition) is 14. The highest BCUT2D eigenvalue weighted by molar-refractivity contribution is 7.90. The van der Waals surface area contributed by atoms with E-state index in [-0.39, 0.29) is 50.9 Å². The molecule has 0 saturated carbocycles. The molecule has 0 N–H and O–H groups in total. The summed E-state index contributed by atoms with van der Waals surface area (Å²) in [6, 6.07) is 28.8. The number of rotatable bonds is 12. The Bertz CT molecular complexity index is 3780. The zero-order valence-electron chi connectivity index (χ0n) is 47.9. The number of fused-ring (bicyclic) bond motifs is 2. The first kappa shape index (κ1) is 60.9. The summed E-state index contributed by atoms with van der Waals surface area (Å²) in [7, 11) is -7.84. The zero-order valence-corrected chi connectivity index (χ0v) is 50.3. The first-order valence-corrected chi connectivity index (χ1v) is 29.4. The monoisotopic (exact) mass is 1140 g/mol. The van der Waals surface area contributed by atoms with Crippen LogP contribution in [-0.4, -0.2) is 86.2 Å². The third kappa shape index (κ3) is 14.4. The number of ether oxygens (including phenoxy) is 2. The number of halogens is 1. The van der Waals surface area contributed by atoms with Gasteiger partial charge in [0.1, 0.15) is 29.0 Å². The van der Waals surface area contributed by atoms with Gasteiger partial charge in [-0.2, -0.15) is 0 Å². The average Bonchev–Trinajstić information content (AvgIpc) is 4.08. The van der Waals surface area contributed by atoms with Crippen molar-refractivity contribution in [1.82, 2.24) is 27.9 Å². The van der Waals surface area contributed by atoms with Crippen molar-refractivity contribution in [3.8, 4) is 11.3 Å². The molecule has 0 unspecified atom stereocenters. The van der Waals surface area contributed by atoms with Crippen LogP contribution in [-0.2, 0) is 61.3 Å². The number of aryl methyl sites for hydroxylation is 6. The Labute approximate surface area is 475 Å². The number of hydrogen-bond donors (Lipinski definition) is 0. The average molecular weight is 1150 g/mol. The van der Waals surface area contributed by atoms with Gasteiger partial charge in [0.05, 0.1) is 32.1 Å². The SMILES string of the molecule is Cc1cc(B2OC(C)(C)C(C)(C)O2)ccc1CCC(=O)OC(C)(C)C.Cc1ccc(S(=O)(=O)n2ccc3c(-c4ccc(CCC(=O)OC(C)(C)C)c(C)c4)ncnc32)cc1.Cc1ccc(S(=O)(=O)n2ccc3c(Cl)ncnc32)cc1. The Morgan fingerprint density at radius 2 is 1.00 bits per heavy atom. The fraction of sp³-hybridized carbons (Fsp3) is 0.367. The summed E-state index contributed by atoms with van der Waals surface area (Å²) in [5, 5.41) is 1.38. The van der Waals surface area contributed by atoms with Gasteiger partial charge in [-0.15, -0.1) is 0 Å². The van der Waals surface area contributed by atoms with E-state index in [9.17, 15) is 26.4 Å². The van der Waals surface area contributed by atoms with E-state index in [0.29, 0.717) is 47.8 Å². The molecular weight excluding hydrogens is 1080 g/mol. The number of benzene rings is 4. The van der Waals surface area contributed by atoms with Crippen LogP contribution in [0.5, 0.6) is 0 Å². The highest BCUT2D eigenvalue weighted by Gasteiger charge is 2.51. The minimum absolute atomic E-state index is 0.165. The molecule has 422 valence electrons. The van der Waals surface area contributed by atoms with Crippen molar-refractivity contribution < 1.29 is 45.2 Å². The molecule has 80 heavy (non-hydrogen) atoms. The lowest BCUT2D eigenvalue weighted by Gasteiger charge is -2.32. The molecule has 0 amide bonds. The van der Waals surface area contributed by atoms with Crippen LogP contribution >= 0.6 is 11.6 Å². The predicted molar refractivity (Wildman–Crippen MR) is 313 cm³/mol. The molecule has 0 spiro atoms. The lowest BCUT2D eigenvalue weighted by atomic mass is 9.77. The van der Waals surface area contributed by atoms with Crippen molar-refractivity contribution in [3.63, 3.8) is 0 Å². The fourth-order valence-corrected chi connectivity index (χ4v) is 11.4.